The Morgan fingerprint density at radius 3 is 2.41 bits per heavy atom. The first kappa shape index (κ1) is 20.6. The second-order valence-corrected chi connectivity index (χ2v) is 9.14. The van der Waals surface area contributed by atoms with E-state index >= 15 is 0 Å². The highest BCUT2D eigenvalue weighted by Crippen LogP contribution is 2.41. The molecule has 1 saturated carbocycles. The summed E-state index contributed by atoms with van der Waals surface area (Å²) in [6.07, 6.45) is 7.81. The Morgan fingerprint density at radius 1 is 1.00 bits per heavy atom. The molecule has 2 aromatic heterocycles. The van der Waals surface area contributed by atoms with Crippen LogP contribution in [0.1, 0.15) is 39.0 Å². The molecule has 0 atom stereocenters. The second-order valence-electron chi connectivity index (χ2n) is 8.08. The van der Waals surface area contributed by atoms with Gasteiger partial charge in [0.25, 0.3) is 5.91 Å². The minimum Gasteiger partial charge on any atom is -0.339 e. The summed E-state index contributed by atoms with van der Waals surface area (Å²) in [6, 6.07) is 9.26. The Labute approximate surface area is 190 Å². The third-order valence-electron chi connectivity index (χ3n) is 5.71. The molecule has 0 spiro atoms. The predicted octanol–water partition coefficient (Wildman–Crippen LogP) is 2.95. The van der Waals surface area contributed by atoms with Gasteiger partial charge in [0.1, 0.15) is 4.88 Å². The maximum Gasteiger partial charge on any atom is 0.267 e. The lowest BCUT2D eigenvalue weighted by Crippen LogP contribution is -2.49. The van der Waals surface area contributed by atoms with Crippen molar-refractivity contribution in [2.24, 2.45) is 0 Å². The Kier molecular flexibility index (Phi) is 5.81. The summed E-state index contributed by atoms with van der Waals surface area (Å²) in [7, 11) is 0. The first-order valence-corrected chi connectivity index (χ1v) is 11.6. The third-order valence-corrected chi connectivity index (χ3v) is 6.87. The lowest BCUT2D eigenvalue weighted by Gasteiger charge is -2.34. The van der Waals surface area contributed by atoms with Crippen molar-refractivity contribution in [3.63, 3.8) is 0 Å². The van der Waals surface area contributed by atoms with E-state index in [1.54, 1.807) is 24.7 Å². The number of thiazole rings is 1. The molecule has 3 heterocycles. The monoisotopic (exact) mass is 448 g/mol. The van der Waals surface area contributed by atoms with Crippen molar-refractivity contribution < 1.29 is 9.59 Å². The fourth-order valence-corrected chi connectivity index (χ4v) is 4.69. The molecular formula is C23H24N6O2S. The van der Waals surface area contributed by atoms with Gasteiger partial charge < -0.3 is 15.1 Å². The van der Waals surface area contributed by atoms with Crippen LogP contribution < -0.4 is 10.2 Å². The number of anilines is 2. The van der Waals surface area contributed by atoms with E-state index in [-0.39, 0.29) is 11.8 Å². The predicted molar refractivity (Wildman–Crippen MR) is 123 cm³/mol. The molecule has 2 fully saturated rings. The van der Waals surface area contributed by atoms with E-state index in [1.807, 2.05) is 29.2 Å². The minimum atomic E-state index is -0.140. The van der Waals surface area contributed by atoms with E-state index in [9.17, 15) is 9.59 Å². The zero-order valence-electron chi connectivity index (χ0n) is 17.6. The van der Waals surface area contributed by atoms with Crippen LogP contribution >= 0.6 is 11.3 Å². The maximum atomic E-state index is 12.7. The van der Waals surface area contributed by atoms with Crippen molar-refractivity contribution in [2.75, 3.05) is 36.4 Å². The van der Waals surface area contributed by atoms with E-state index in [1.165, 1.54) is 24.2 Å². The molecule has 3 aromatic rings. The molecule has 1 N–H and O–H groups in total. The molecule has 0 bridgehead atoms. The molecule has 8 nitrogen and oxygen atoms in total. The molecule has 5 rings (SSSR count). The Balaban J connectivity index is 1.12. The number of benzene rings is 1. The number of piperazine rings is 1. The highest BCUT2D eigenvalue weighted by atomic mass is 32.1. The topological polar surface area (TPSA) is 91.3 Å². The largest absolute Gasteiger partial charge is 0.339 e. The summed E-state index contributed by atoms with van der Waals surface area (Å²) in [5, 5.41) is 3.97. The number of rotatable bonds is 6. The first-order chi connectivity index (χ1) is 15.7. The molecule has 1 aliphatic heterocycles. The van der Waals surface area contributed by atoms with E-state index in [0.29, 0.717) is 41.9 Å². The second kappa shape index (κ2) is 9.04. The summed E-state index contributed by atoms with van der Waals surface area (Å²) in [6.45, 7) is 2.76. The van der Waals surface area contributed by atoms with Crippen LogP contribution in [0.5, 0.6) is 0 Å². The van der Waals surface area contributed by atoms with Gasteiger partial charge in [-0.2, -0.15) is 0 Å². The number of nitrogens with one attached hydrogen (secondary N) is 1. The number of nitrogens with zero attached hydrogens (tertiary/aromatic N) is 5. The molecule has 0 unspecified atom stereocenters. The van der Waals surface area contributed by atoms with Crippen LogP contribution in [0.4, 0.5) is 11.6 Å². The maximum absolute atomic E-state index is 12.7. The van der Waals surface area contributed by atoms with Gasteiger partial charge in [0.05, 0.1) is 17.6 Å². The minimum absolute atomic E-state index is 0.104. The average molecular weight is 449 g/mol. The molecule has 164 valence electrons. The molecule has 1 saturated heterocycles. The quantitative estimate of drug-likeness (QED) is 0.623. The van der Waals surface area contributed by atoms with Crippen molar-refractivity contribution in [2.45, 2.75) is 25.2 Å². The van der Waals surface area contributed by atoms with Gasteiger partial charge in [-0.25, -0.2) is 15.0 Å². The normalized spacial score (nSPS) is 16.1. The van der Waals surface area contributed by atoms with E-state index in [0.717, 1.165) is 23.7 Å². The molecule has 32 heavy (non-hydrogen) atoms. The van der Waals surface area contributed by atoms with Crippen LogP contribution in [0.3, 0.4) is 0 Å². The van der Waals surface area contributed by atoms with Crippen LogP contribution in [0.2, 0.25) is 0 Å². The highest BCUT2D eigenvalue weighted by molar-refractivity contribution is 7.13. The Hall–Kier alpha value is -3.33. The van der Waals surface area contributed by atoms with Crippen molar-refractivity contribution >= 4 is 34.8 Å². The summed E-state index contributed by atoms with van der Waals surface area (Å²) >= 11 is 1.47. The molecule has 9 heteroatoms. The molecule has 1 aliphatic carbocycles. The third kappa shape index (κ3) is 4.77. The number of hydrogen-bond acceptors (Lipinski definition) is 7. The standard InChI is InChI=1S/C23H24N6O2S/c30-20(28-10-12-29(13-11-28)23-24-8-1-9-25-23)14-16-2-6-18(7-3-16)27-21(31)19-15-26-22(32-19)17-4-5-17/h1-3,6-9,15,17H,4-5,10-14H2,(H,27,31). The van der Waals surface area contributed by atoms with Crippen LogP contribution in [-0.2, 0) is 11.2 Å². The lowest BCUT2D eigenvalue weighted by molar-refractivity contribution is -0.130. The summed E-state index contributed by atoms with van der Waals surface area (Å²) < 4.78 is 0. The van der Waals surface area contributed by atoms with Crippen molar-refractivity contribution in [1.29, 1.82) is 0 Å². The Bertz CT molecular complexity index is 1090. The summed E-state index contributed by atoms with van der Waals surface area (Å²) in [5.41, 5.74) is 1.64. The fraction of sp³-hybridized carbons (Fsp3) is 0.348. The van der Waals surface area contributed by atoms with E-state index in [2.05, 4.69) is 25.2 Å². The van der Waals surface area contributed by atoms with E-state index < -0.39 is 0 Å². The number of hydrogen-bond donors (Lipinski definition) is 1. The van der Waals surface area contributed by atoms with Crippen molar-refractivity contribution in [1.82, 2.24) is 19.9 Å². The number of carbonyl (C=O) groups is 2. The number of amides is 2. The zero-order chi connectivity index (χ0) is 21.9. The molecule has 2 amide bonds. The van der Waals surface area contributed by atoms with Crippen LogP contribution in [0.25, 0.3) is 0 Å². The lowest BCUT2D eigenvalue weighted by atomic mass is 10.1. The smallest absolute Gasteiger partial charge is 0.267 e. The van der Waals surface area contributed by atoms with Crippen molar-refractivity contribution in [3.05, 3.63) is 64.4 Å². The van der Waals surface area contributed by atoms with E-state index in [4.69, 9.17) is 0 Å². The Morgan fingerprint density at radius 2 is 1.72 bits per heavy atom. The number of carbonyl (C=O) groups excluding carboxylic acids is 2. The average Bonchev–Trinajstić information content (AvgIpc) is 3.57. The number of aromatic nitrogens is 3. The van der Waals surface area contributed by atoms with Gasteiger partial charge >= 0.3 is 0 Å². The van der Waals surface area contributed by atoms with Crippen LogP contribution in [-0.4, -0.2) is 57.8 Å². The van der Waals surface area contributed by atoms with Gasteiger partial charge in [-0.1, -0.05) is 12.1 Å². The molecule has 0 radical (unpaired) electrons. The first-order valence-electron chi connectivity index (χ1n) is 10.8. The van der Waals surface area contributed by atoms with Gasteiger partial charge in [-0.05, 0) is 36.6 Å². The van der Waals surface area contributed by atoms with Crippen LogP contribution in [0, 0.1) is 0 Å². The van der Waals surface area contributed by atoms with Gasteiger partial charge in [0, 0.05) is 50.2 Å². The van der Waals surface area contributed by atoms with Gasteiger partial charge in [-0.15, -0.1) is 11.3 Å². The molecule has 2 aliphatic rings. The van der Waals surface area contributed by atoms with Gasteiger partial charge in [-0.3, -0.25) is 9.59 Å². The van der Waals surface area contributed by atoms with Crippen molar-refractivity contribution in [3.8, 4) is 0 Å². The SMILES string of the molecule is O=C(Nc1ccc(CC(=O)N2CCN(c3ncccn3)CC2)cc1)c1cnc(C2CC2)s1. The molecular weight excluding hydrogens is 424 g/mol. The zero-order valence-corrected chi connectivity index (χ0v) is 18.4. The fourth-order valence-electron chi connectivity index (χ4n) is 3.71. The summed E-state index contributed by atoms with van der Waals surface area (Å²) in [5.74, 6) is 1.22. The molecule has 1 aromatic carbocycles. The highest BCUT2D eigenvalue weighted by Gasteiger charge is 2.27. The summed E-state index contributed by atoms with van der Waals surface area (Å²) in [4.78, 5) is 42.7. The van der Waals surface area contributed by atoms with Gasteiger partial charge in [0.15, 0.2) is 0 Å². The van der Waals surface area contributed by atoms with Crippen LogP contribution in [0.15, 0.2) is 48.9 Å². The van der Waals surface area contributed by atoms with Gasteiger partial charge in [0.2, 0.25) is 11.9 Å².